The highest BCUT2D eigenvalue weighted by Crippen LogP contribution is 2.25. The van der Waals surface area contributed by atoms with Gasteiger partial charge in [0, 0.05) is 32.4 Å². The molecule has 2 heterocycles. The van der Waals surface area contributed by atoms with E-state index in [0.717, 1.165) is 32.1 Å². The number of rotatable bonds is 4. The Morgan fingerprint density at radius 3 is 2.61 bits per heavy atom. The minimum atomic E-state index is -3.52. The number of aryl methyl sites for hydroxylation is 1. The predicted octanol–water partition coefficient (Wildman–Crippen LogP) is 1.73. The monoisotopic (exact) mass is 339 g/mol. The SMILES string of the molecule is CC1CCCN(S(=O)(=O)c2cc(C(=O)NC3CCC3)n(C)c2)C1. The van der Waals surface area contributed by atoms with Crippen molar-refractivity contribution in [1.29, 1.82) is 0 Å². The summed E-state index contributed by atoms with van der Waals surface area (Å²) in [6.07, 6.45) is 6.66. The van der Waals surface area contributed by atoms with Gasteiger partial charge in [-0.1, -0.05) is 6.92 Å². The molecular formula is C16H25N3O3S. The Hall–Kier alpha value is -1.34. The van der Waals surface area contributed by atoms with Crippen molar-refractivity contribution in [2.75, 3.05) is 13.1 Å². The maximum Gasteiger partial charge on any atom is 0.268 e. The number of carbonyl (C=O) groups is 1. The van der Waals surface area contributed by atoms with Crippen LogP contribution < -0.4 is 5.32 Å². The number of nitrogens with one attached hydrogen (secondary N) is 1. The topological polar surface area (TPSA) is 71.4 Å². The van der Waals surface area contributed by atoms with E-state index in [1.807, 2.05) is 0 Å². The summed E-state index contributed by atoms with van der Waals surface area (Å²) in [4.78, 5) is 12.5. The minimum absolute atomic E-state index is 0.189. The third-order valence-corrected chi connectivity index (χ3v) is 6.74. The maximum absolute atomic E-state index is 12.8. The zero-order valence-electron chi connectivity index (χ0n) is 13.8. The first-order valence-electron chi connectivity index (χ1n) is 8.35. The molecule has 1 amide bonds. The molecule has 0 spiro atoms. The zero-order chi connectivity index (χ0) is 16.6. The van der Waals surface area contributed by atoms with Crippen molar-refractivity contribution in [2.45, 2.75) is 50.0 Å². The Morgan fingerprint density at radius 2 is 2.00 bits per heavy atom. The molecule has 7 heteroatoms. The summed E-state index contributed by atoms with van der Waals surface area (Å²) in [6.45, 7) is 3.19. The van der Waals surface area contributed by atoms with Crippen LogP contribution in [0.3, 0.4) is 0 Å². The molecule has 0 aromatic carbocycles. The second-order valence-corrected chi connectivity index (χ2v) is 8.82. The van der Waals surface area contributed by atoms with Crippen LogP contribution in [0.25, 0.3) is 0 Å². The van der Waals surface area contributed by atoms with Crippen LogP contribution in [-0.4, -0.2) is 42.3 Å². The van der Waals surface area contributed by atoms with Crippen LogP contribution in [0.1, 0.15) is 49.5 Å². The minimum Gasteiger partial charge on any atom is -0.348 e. The number of sulfonamides is 1. The summed E-state index contributed by atoms with van der Waals surface area (Å²) < 4.78 is 28.7. The lowest BCUT2D eigenvalue weighted by atomic mass is 9.93. The van der Waals surface area contributed by atoms with Gasteiger partial charge >= 0.3 is 0 Å². The number of amides is 1. The van der Waals surface area contributed by atoms with Gasteiger partial charge < -0.3 is 9.88 Å². The molecule has 0 bridgehead atoms. The first-order chi connectivity index (χ1) is 10.9. The fourth-order valence-corrected chi connectivity index (χ4v) is 4.90. The van der Waals surface area contributed by atoms with Gasteiger partial charge in [0.15, 0.2) is 0 Å². The molecule has 1 saturated heterocycles. The predicted molar refractivity (Wildman–Crippen MR) is 87.7 cm³/mol. The Bertz CT molecular complexity index is 691. The molecule has 1 unspecified atom stereocenters. The molecule has 23 heavy (non-hydrogen) atoms. The molecule has 1 N–H and O–H groups in total. The molecule has 1 aromatic rings. The Balaban J connectivity index is 1.79. The third-order valence-electron chi connectivity index (χ3n) is 4.91. The Kier molecular flexibility index (Phi) is 4.51. The van der Waals surface area contributed by atoms with Gasteiger partial charge in [-0.2, -0.15) is 4.31 Å². The molecule has 0 radical (unpaired) electrons. The quantitative estimate of drug-likeness (QED) is 0.908. The highest BCUT2D eigenvalue weighted by Gasteiger charge is 2.31. The second kappa shape index (κ2) is 6.28. The third kappa shape index (κ3) is 3.30. The van der Waals surface area contributed by atoms with E-state index in [4.69, 9.17) is 0 Å². The molecule has 1 aliphatic heterocycles. The number of hydrogen-bond donors (Lipinski definition) is 1. The summed E-state index contributed by atoms with van der Waals surface area (Å²) in [5.74, 6) is 0.189. The maximum atomic E-state index is 12.8. The largest absolute Gasteiger partial charge is 0.348 e. The van der Waals surface area contributed by atoms with E-state index < -0.39 is 10.0 Å². The van der Waals surface area contributed by atoms with Crippen molar-refractivity contribution in [1.82, 2.24) is 14.2 Å². The molecule has 1 atom stereocenters. The van der Waals surface area contributed by atoms with E-state index in [2.05, 4.69) is 12.2 Å². The van der Waals surface area contributed by atoms with E-state index in [0.29, 0.717) is 24.7 Å². The second-order valence-electron chi connectivity index (χ2n) is 6.88. The smallest absolute Gasteiger partial charge is 0.268 e. The number of piperidine rings is 1. The lowest BCUT2D eigenvalue weighted by Crippen LogP contribution is -2.40. The van der Waals surface area contributed by atoms with Crippen molar-refractivity contribution in [2.24, 2.45) is 13.0 Å². The zero-order valence-corrected chi connectivity index (χ0v) is 14.6. The highest BCUT2D eigenvalue weighted by atomic mass is 32.2. The van der Waals surface area contributed by atoms with E-state index in [-0.39, 0.29) is 16.8 Å². The highest BCUT2D eigenvalue weighted by molar-refractivity contribution is 7.89. The normalized spacial score (nSPS) is 23.5. The van der Waals surface area contributed by atoms with Crippen molar-refractivity contribution in [3.63, 3.8) is 0 Å². The number of nitrogens with zero attached hydrogens (tertiary/aromatic N) is 2. The van der Waals surface area contributed by atoms with Crippen LogP contribution >= 0.6 is 0 Å². The summed E-state index contributed by atoms with van der Waals surface area (Å²) in [5.41, 5.74) is 0.403. The van der Waals surface area contributed by atoms with Crippen LogP contribution in [0.5, 0.6) is 0 Å². The van der Waals surface area contributed by atoms with Crippen molar-refractivity contribution in [3.8, 4) is 0 Å². The van der Waals surface area contributed by atoms with Crippen LogP contribution in [-0.2, 0) is 17.1 Å². The van der Waals surface area contributed by atoms with Crippen molar-refractivity contribution >= 4 is 15.9 Å². The molecule has 1 saturated carbocycles. The molecule has 6 nitrogen and oxygen atoms in total. The lowest BCUT2D eigenvalue weighted by molar-refractivity contribution is 0.0908. The van der Waals surface area contributed by atoms with Gasteiger partial charge in [0.25, 0.3) is 5.91 Å². The van der Waals surface area contributed by atoms with Gasteiger partial charge in [-0.3, -0.25) is 4.79 Å². The summed E-state index contributed by atoms with van der Waals surface area (Å²) in [5, 5.41) is 2.96. The van der Waals surface area contributed by atoms with Gasteiger partial charge in [-0.05, 0) is 44.1 Å². The van der Waals surface area contributed by atoms with E-state index in [1.54, 1.807) is 22.1 Å². The standard InChI is InChI=1S/C16H25N3O3S/c1-12-5-4-8-19(10-12)23(21,22)14-9-15(18(2)11-14)16(20)17-13-6-3-7-13/h9,11-13H,3-8,10H2,1-2H3,(H,17,20). The van der Waals surface area contributed by atoms with E-state index in [9.17, 15) is 13.2 Å². The van der Waals surface area contributed by atoms with Crippen molar-refractivity contribution in [3.05, 3.63) is 18.0 Å². The van der Waals surface area contributed by atoms with Gasteiger partial charge in [0.05, 0.1) is 0 Å². The van der Waals surface area contributed by atoms with Gasteiger partial charge in [-0.25, -0.2) is 8.42 Å². The molecular weight excluding hydrogens is 314 g/mol. The summed E-state index contributed by atoms with van der Waals surface area (Å²) in [7, 11) is -1.80. The Morgan fingerprint density at radius 1 is 1.26 bits per heavy atom. The van der Waals surface area contributed by atoms with Crippen LogP contribution in [0, 0.1) is 5.92 Å². The first-order valence-corrected chi connectivity index (χ1v) is 9.79. The molecule has 3 rings (SSSR count). The van der Waals surface area contributed by atoms with Gasteiger partial charge in [0.2, 0.25) is 10.0 Å². The van der Waals surface area contributed by atoms with Crippen molar-refractivity contribution < 1.29 is 13.2 Å². The molecule has 1 aromatic heterocycles. The van der Waals surface area contributed by atoms with E-state index >= 15 is 0 Å². The van der Waals surface area contributed by atoms with E-state index in [1.165, 1.54) is 6.07 Å². The number of hydrogen-bond acceptors (Lipinski definition) is 3. The van der Waals surface area contributed by atoms with Crippen LogP contribution in [0.4, 0.5) is 0 Å². The fourth-order valence-electron chi connectivity index (χ4n) is 3.23. The summed E-state index contributed by atoms with van der Waals surface area (Å²) >= 11 is 0. The number of carbonyl (C=O) groups excluding carboxylic acids is 1. The fraction of sp³-hybridized carbons (Fsp3) is 0.688. The van der Waals surface area contributed by atoms with Gasteiger partial charge in [0.1, 0.15) is 10.6 Å². The molecule has 2 aliphatic rings. The first kappa shape index (κ1) is 16.5. The average Bonchev–Trinajstić information content (AvgIpc) is 2.85. The molecule has 128 valence electrons. The van der Waals surface area contributed by atoms with Crippen LogP contribution in [0.2, 0.25) is 0 Å². The number of aromatic nitrogens is 1. The lowest BCUT2D eigenvalue weighted by Gasteiger charge is -2.29. The summed E-state index contributed by atoms with van der Waals surface area (Å²) in [6, 6.07) is 1.74. The van der Waals surface area contributed by atoms with Crippen LogP contribution in [0.15, 0.2) is 17.2 Å². The molecule has 1 aliphatic carbocycles. The molecule has 2 fully saturated rings. The Labute approximate surface area is 137 Å². The van der Waals surface area contributed by atoms with Gasteiger partial charge in [-0.15, -0.1) is 0 Å². The average molecular weight is 339 g/mol.